The first-order valence-electron chi connectivity index (χ1n) is 6.66. The first kappa shape index (κ1) is 12.8. The zero-order valence-corrected chi connectivity index (χ0v) is 10.9. The molecule has 0 spiro atoms. The van der Waals surface area contributed by atoms with Crippen LogP contribution in [0.15, 0.2) is 0 Å². The highest BCUT2D eigenvalue weighted by atomic mass is 16.5. The molecule has 2 rings (SSSR count). The van der Waals surface area contributed by atoms with Crippen molar-refractivity contribution < 1.29 is 4.74 Å². The molecular weight excluding hydrogens is 214 g/mol. The van der Waals surface area contributed by atoms with E-state index >= 15 is 0 Å². The molecule has 96 valence electrons. The predicted octanol–water partition coefficient (Wildman–Crippen LogP) is 1.13. The van der Waals surface area contributed by atoms with Crippen LogP contribution in [-0.4, -0.2) is 49.3 Å². The van der Waals surface area contributed by atoms with Gasteiger partial charge in [-0.3, -0.25) is 10.2 Å². The number of ether oxygens (including phenoxy) is 1. The highest BCUT2D eigenvalue weighted by molar-refractivity contribution is 5.13. The Labute approximate surface area is 104 Å². The Kier molecular flexibility index (Phi) is 4.03. The van der Waals surface area contributed by atoms with Gasteiger partial charge in [0.1, 0.15) is 5.54 Å². The van der Waals surface area contributed by atoms with Crippen LogP contribution in [-0.2, 0) is 4.74 Å². The average Bonchev–Trinajstić information content (AvgIpc) is 2.96. The van der Waals surface area contributed by atoms with E-state index in [0.717, 1.165) is 45.3 Å². The summed E-state index contributed by atoms with van der Waals surface area (Å²) in [5.41, 5.74) is -0.273. The lowest BCUT2D eigenvalue weighted by Gasteiger charge is -2.26. The van der Waals surface area contributed by atoms with Gasteiger partial charge in [0.2, 0.25) is 0 Å². The minimum Gasteiger partial charge on any atom is -0.380 e. The van der Waals surface area contributed by atoms with Crippen molar-refractivity contribution in [3.05, 3.63) is 0 Å². The molecule has 0 aromatic heterocycles. The maximum Gasteiger partial charge on any atom is 0.108 e. The van der Waals surface area contributed by atoms with Gasteiger partial charge in [-0.05, 0) is 32.2 Å². The summed E-state index contributed by atoms with van der Waals surface area (Å²) in [6.07, 6.45) is 4.61. The second-order valence-electron chi connectivity index (χ2n) is 5.26. The normalized spacial score (nSPS) is 38.4. The quantitative estimate of drug-likeness (QED) is 0.796. The topological polar surface area (TPSA) is 48.3 Å². The number of nitriles is 1. The number of hydrogen-bond acceptors (Lipinski definition) is 4. The number of nitrogens with zero attached hydrogens (tertiary/aromatic N) is 2. The minimum absolute atomic E-state index is 0.273. The van der Waals surface area contributed by atoms with E-state index in [2.05, 4.69) is 23.2 Å². The number of methoxy groups -OCH3 is 1. The van der Waals surface area contributed by atoms with Crippen molar-refractivity contribution in [3.63, 3.8) is 0 Å². The Balaban J connectivity index is 1.92. The van der Waals surface area contributed by atoms with Gasteiger partial charge in [-0.25, -0.2) is 0 Å². The number of rotatable bonds is 4. The summed E-state index contributed by atoms with van der Waals surface area (Å²) in [5, 5.41) is 12.7. The third-order valence-corrected chi connectivity index (χ3v) is 4.24. The number of hydrogen-bond donors (Lipinski definition) is 1. The van der Waals surface area contributed by atoms with Crippen LogP contribution < -0.4 is 5.32 Å². The van der Waals surface area contributed by atoms with Crippen LogP contribution in [0.2, 0.25) is 0 Å². The van der Waals surface area contributed by atoms with Crippen molar-refractivity contribution in [1.82, 2.24) is 10.2 Å². The first-order chi connectivity index (χ1) is 8.23. The summed E-state index contributed by atoms with van der Waals surface area (Å²) in [5.74, 6) is 0. The van der Waals surface area contributed by atoms with Crippen LogP contribution in [0.5, 0.6) is 0 Å². The molecule has 1 saturated carbocycles. The van der Waals surface area contributed by atoms with E-state index in [1.54, 1.807) is 7.11 Å². The molecule has 4 heteroatoms. The summed E-state index contributed by atoms with van der Waals surface area (Å²) in [4.78, 5) is 2.50. The van der Waals surface area contributed by atoms with Crippen molar-refractivity contribution >= 4 is 0 Å². The maximum atomic E-state index is 9.35. The van der Waals surface area contributed by atoms with Crippen molar-refractivity contribution in [2.75, 3.05) is 26.7 Å². The van der Waals surface area contributed by atoms with E-state index in [1.807, 2.05) is 0 Å². The fraction of sp³-hybridized carbons (Fsp3) is 0.923. The molecule has 0 bridgehead atoms. The summed E-state index contributed by atoms with van der Waals surface area (Å²) in [6.45, 7) is 5.11. The Hall–Kier alpha value is -0.630. The molecule has 0 aromatic rings. The third-order valence-electron chi connectivity index (χ3n) is 4.24. The monoisotopic (exact) mass is 237 g/mol. The van der Waals surface area contributed by atoms with Crippen LogP contribution in [0.3, 0.4) is 0 Å². The molecule has 0 aromatic carbocycles. The van der Waals surface area contributed by atoms with Gasteiger partial charge < -0.3 is 4.74 Å². The Morgan fingerprint density at radius 3 is 2.94 bits per heavy atom. The lowest BCUT2D eigenvalue weighted by atomic mass is 9.99. The van der Waals surface area contributed by atoms with Gasteiger partial charge in [0.15, 0.2) is 0 Å². The van der Waals surface area contributed by atoms with Crippen LogP contribution in [0.25, 0.3) is 0 Å². The zero-order chi connectivity index (χ0) is 12.3. The minimum atomic E-state index is -0.273. The molecule has 4 nitrogen and oxygen atoms in total. The molecule has 1 N–H and O–H groups in total. The van der Waals surface area contributed by atoms with E-state index in [4.69, 9.17) is 4.74 Å². The third kappa shape index (κ3) is 2.62. The molecule has 1 aliphatic carbocycles. The highest BCUT2D eigenvalue weighted by Crippen LogP contribution is 2.34. The van der Waals surface area contributed by atoms with E-state index in [0.29, 0.717) is 12.1 Å². The summed E-state index contributed by atoms with van der Waals surface area (Å²) >= 11 is 0. The second-order valence-corrected chi connectivity index (χ2v) is 5.26. The predicted molar refractivity (Wildman–Crippen MR) is 66.6 cm³/mol. The zero-order valence-electron chi connectivity index (χ0n) is 10.9. The van der Waals surface area contributed by atoms with Crippen molar-refractivity contribution in [1.29, 1.82) is 5.26 Å². The number of likely N-dealkylation sites (tertiary alicyclic amines) is 1. The Morgan fingerprint density at radius 1 is 1.53 bits per heavy atom. The molecule has 2 aliphatic rings. The highest BCUT2D eigenvalue weighted by Gasteiger charge is 2.42. The van der Waals surface area contributed by atoms with Gasteiger partial charge in [-0.1, -0.05) is 6.92 Å². The molecule has 3 atom stereocenters. The van der Waals surface area contributed by atoms with E-state index in [-0.39, 0.29) is 5.54 Å². The van der Waals surface area contributed by atoms with E-state index < -0.39 is 0 Å². The molecule has 2 fully saturated rings. The first-order valence-corrected chi connectivity index (χ1v) is 6.66. The standard InChI is InChI=1S/C13H23N3O/c1-3-15-13(10-14)6-4-11(8-13)16-7-5-12(9-16)17-2/h11-12,15H,3-9H2,1-2H3. The molecule has 3 unspecified atom stereocenters. The smallest absolute Gasteiger partial charge is 0.108 e. The van der Waals surface area contributed by atoms with E-state index in [1.165, 1.54) is 0 Å². The number of nitrogens with one attached hydrogen (secondary N) is 1. The van der Waals surface area contributed by atoms with Crippen LogP contribution in [0.1, 0.15) is 32.6 Å². The van der Waals surface area contributed by atoms with Gasteiger partial charge in [0, 0.05) is 26.2 Å². The molecule has 0 radical (unpaired) electrons. The summed E-state index contributed by atoms with van der Waals surface area (Å²) < 4.78 is 5.40. The Morgan fingerprint density at radius 2 is 2.35 bits per heavy atom. The molecular formula is C13H23N3O. The van der Waals surface area contributed by atoms with Gasteiger partial charge in [0.05, 0.1) is 12.2 Å². The van der Waals surface area contributed by atoms with Crippen molar-refractivity contribution in [2.45, 2.75) is 50.3 Å². The van der Waals surface area contributed by atoms with Crippen LogP contribution in [0.4, 0.5) is 0 Å². The van der Waals surface area contributed by atoms with Crippen LogP contribution >= 0.6 is 0 Å². The maximum absolute atomic E-state index is 9.35. The lowest BCUT2D eigenvalue weighted by Crippen LogP contribution is -2.43. The SMILES string of the molecule is CCNC1(C#N)CCC(N2CCC(OC)C2)C1. The molecule has 1 heterocycles. The molecule has 1 aliphatic heterocycles. The fourth-order valence-corrected chi connectivity index (χ4v) is 3.25. The van der Waals surface area contributed by atoms with Gasteiger partial charge in [-0.15, -0.1) is 0 Å². The average molecular weight is 237 g/mol. The summed E-state index contributed by atoms with van der Waals surface area (Å²) in [7, 11) is 1.79. The molecule has 1 saturated heterocycles. The van der Waals surface area contributed by atoms with Gasteiger partial charge >= 0.3 is 0 Å². The largest absolute Gasteiger partial charge is 0.380 e. The van der Waals surface area contributed by atoms with Gasteiger partial charge in [0.25, 0.3) is 0 Å². The fourth-order valence-electron chi connectivity index (χ4n) is 3.25. The molecule has 0 amide bonds. The summed E-state index contributed by atoms with van der Waals surface area (Å²) in [6, 6.07) is 3.05. The van der Waals surface area contributed by atoms with E-state index in [9.17, 15) is 5.26 Å². The van der Waals surface area contributed by atoms with Gasteiger partial charge in [-0.2, -0.15) is 5.26 Å². The lowest BCUT2D eigenvalue weighted by molar-refractivity contribution is 0.101. The van der Waals surface area contributed by atoms with Crippen molar-refractivity contribution in [2.24, 2.45) is 0 Å². The molecule has 17 heavy (non-hydrogen) atoms. The van der Waals surface area contributed by atoms with Crippen molar-refractivity contribution in [3.8, 4) is 6.07 Å². The van der Waals surface area contributed by atoms with Crippen LogP contribution in [0, 0.1) is 11.3 Å². The second kappa shape index (κ2) is 5.34. The Bertz CT molecular complexity index is 302.